The molecule has 1 aromatic carbocycles. The molecule has 0 radical (unpaired) electrons. The number of benzene rings is 1. The molecule has 1 atom stereocenters. The zero-order valence-electron chi connectivity index (χ0n) is 10.8. The Labute approximate surface area is 116 Å². The third kappa shape index (κ3) is 3.65. The fourth-order valence-electron chi connectivity index (χ4n) is 1.82. The van der Waals surface area contributed by atoms with Crippen molar-refractivity contribution >= 4 is 11.8 Å². The topological polar surface area (TPSA) is 85.1 Å². The molecule has 2 amide bonds. The molecule has 2 rings (SSSR count). The van der Waals surface area contributed by atoms with Crippen molar-refractivity contribution in [3.05, 3.63) is 66.0 Å². The van der Waals surface area contributed by atoms with Crippen LogP contribution in [0.2, 0.25) is 0 Å². The first-order chi connectivity index (χ1) is 9.66. The number of nitrogens with two attached hydrogens (primary N) is 1. The first kappa shape index (κ1) is 13.7. The van der Waals surface area contributed by atoms with E-state index in [1.54, 1.807) is 12.1 Å². The summed E-state index contributed by atoms with van der Waals surface area (Å²) in [6.07, 6.45) is 3.41. The van der Waals surface area contributed by atoms with Gasteiger partial charge < -0.3 is 11.1 Å². The second-order valence-electron chi connectivity index (χ2n) is 4.35. The molecule has 102 valence electrons. The minimum Gasteiger partial charge on any atom is -0.368 e. The van der Waals surface area contributed by atoms with Crippen LogP contribution in [0, 0.1) is 0 Å². The Bertz CT molecular complexity index is 585. The molecule has 0 fully saturated rings. The van der Waals surface area contributed by atoms with Crippen LogP contribution in [0.4, 0.5) is 0 Å². The lowest BCUT2D eigenvalue weighted by Crippen LogP contribution is -2.45. The van der Waals surface area contributed by atoms with Crippen LogP contribution in [0.3, 0.4) is 0 Å². The van der Waals surface area contributed by atoms with Gasteiger partial charge in [-0.05, 0) is 17.7 Å². The molecular weight excluding hydrogens is 254 g/mol. The Hall–Kier alpha value is -2.69. The molecule has 1 heterocycles. The van der Waals surface area contributed by atoms with Gasteiger partial charge in [-0.1, -0.05) is 30.3 Å². The molecule has 0 aliphatic carbocycles. The van der Waals surface area contributed by atoms with Crippen molar-refractivity contribution in [1.82, 2.24) is 10.3 Å². The lowest BCUT2D eigenvalue weighted by Gasteiger charge is -2.15. The number of carbonyl (C=O) groups is 2. The molecule has 0 saturated heterocycles. The van der Waals surface area contributed by atoms with Crippen LogP contribution in [0.25, 0.3) is 0 Å². The van der Waals surface area contributed by atoms with E-state index in [1.165, 1.54) is 12.4 Å². The summed E-state index contributed by atoms with van der Waals surface area (Å²) in [5.41, 5.74) is 6.73. The Morgan fingerprint density at radius 3 is 2.35 bits per heavy atom. The monoisotopic (exact) mass is 269 g/mol. The van der Waals surface area contributed by atoms with Gasteiger partial charge in [0.05, 0.1) is 0 Å². The average molecular weight is 269 g/mol. The lowest BCUT2D eigenvalue weighted by atomic mass is 10.1. The predicted octanol–water partition coefficient (Wildman–Crippen LogP) is 0.908. The van der Waals surface area contributed by atoms with E-state index in [-0.39, 0.29) is 5.91 Å². The lowest BCUT2D eigenvalue weighted by molar-refractivity contribution is -0.119. The molecule has 3 N–H and O–H groups in total. The van der Waals surface area contributed by atoms with Gasteiger partial charge in [0.2, 0.25) is 5.91 Å². The Morgan fingerprint density at radius 1 is 1.10 bits per heavy atom. The zero-order chi connectivity index (χ0) is 14.4. The van der Waals surface area contributed by atoms with Gasteiger partial charge in [0.1, 0.15) is 6.04 Å². The Kier molecular flexibility index (Phi) is 4.44. The van der Waals surface area contributed by atoms with E-state index in [0.717, 1.165) is 5.56 Å². The number of primary amides is 1. The number of rotatable bonds is 5. The number of carbonyl (C=O) groups excluding carboxylic acids is 2. The van der Waals surface area contributed by atoms with Crippen molar-refractivity contribution in [2.45, 2.75) is 12.5 Å². The van der Waals surface area contributed by atoms with Gasteiger partial charge in [0.25, 0.3) is 5.91 Å². The summed E-state index contributed by atoms with van der Waals surface area (Å²) < 4.78 is 0. The summed E-state index contributed by atoms with van der Waals surface area (Å²) in [5, 5.41) is 2.64. The van der Waals surface area contributed by atoms with E-state index >= 15 is 0 Å². The number of nitrogens with zero attached hydrogens (tertiary/aromatic N) is 1. The van der Waals surface area contributed by atoms with Crippen molar-refractivity contribution < 1.29 is 9.59 Å². The van der Waals surface area contributed by atoms with Gasteiger partial charge in [0, 0.05) is 24.4 Å². The van der Waals surface area contributed by atoms with Gasteiger partial charge in [0.15, 0.2) is 0 Å². The van der Waals surface area contributed by atoms with Crippen LogP contribution in [-0.4, -0.2) is 22.8 Å². The average Bonchev–Trinajstić information content (AvgIpc) is 2.48. The van der Waals surface area contributed by atoms with Crippen molar-refractivity contribution in [3.8, 4) is 0 Å². The highest BCUT2D eigenvalue weighted by Crippen LogP contribution is 2.04. The van der Waals surface area contributed by atoms with Crippen molar-refractivity contribution in [3.63, 3.8) is 0 Å². The summed E-state index contributed by atoms with van der Waals surface area (Å²) in [7, 11) is 0. The number of nitrogens with one attached hydrogen (secondary N) is 1. The van der Waals surface area contributed by atoms with E-state index in [4.69, 9.17) is 5.73 Å². The van der Waals surface area contributed by atoms with E-state index in [2.05, 4.69) is 10.3 Å². The van der Waals surface area contributed by atoms with E-state index in [1.807, 2.05) is 30.3 Å². The van der Waals surface area contributed by atoms with Crippen LogP contribution in [-0.2, 0) is 11.2 Å². The van der Waals surface area contributed by atoms with Gasteiger partial charge in [-0.25, -0.2) is 0 Å². The highest BCUT2D eigenvalue weighted by Gasteiger charge is 2.19. The minimum atomic E-state index is -0.738. The van der Waals surface area contributed by atoms with Gasteiger partial charge in [-0.2, -0.15) is 0 Å². The van der Waals surface area contributed by atoms with Gasteiger partial charge in [-0.3, -0.25) is 14.6 Å². The highest BCUT2D eigenvalue weighted by atomic mass is 16.2. The highest BCUT2D eigenvalue weighted by molar-refractivity contribution is 5.97. The maximum absolute atomic E-state index is 12.0. The molecule has 0 bridgehead atoms. The third-order valence-electron chi connectivity index (χ3n) is 2.87. The molecule has 2 aromatic rings. The molecule has 0 saturated carbocycles. The number of hydrogen-bond acceptors (Lipinski definition) is 3. The van der Waals surface area contributed by atoms with E-state index in [0.29, 0.717) is 12.0 Å². The molecule has 0 aliphatic rings. The predicted molar refractivity (Wildman–Crippen MR) is 74.8 cm³/mol. The zero-order valence-corrected chi connectivity index (χ0v) is 10.8. The number of aromatic nitrogens is 1. The first-order valence-electron chi connectivity index (χ1n) is 6.21. The summed E-state index contributed by atoms with van der Waals surface area (Å²) >= 11 is 0. The maximum Gasteiger partial charge on any atom is 0.252 e. The van der Waals surface area contributed by atoms with Crippen LogP contribution < -0.4 is 11.1 Å². The van der Waals surface area contributed by atoms with Gasteiger partial charge >= 0.3 is 0 Å². The van der Waals surface area contributed by atoms with Crippen molar-refractivity contribution in [2.24, 2.45) is 5.73 Å². The molecular formula is C15H15N3O2. The minimum absolute atomic E-state index is 0.341. The molecule has 20 heavy (non-hydrogen) atoms. The quantitative estimate of drug-likeness (QED) is 0.846. The molecule has 5 nitrogen and oxygen atoms in total. The number of hydrogen-bond donors (Lipinski definition) is 2. The van der Waals surface area contributed by atoms with E-state index < -0.39 is 11.9 Å². The summed E-state index contributed by atoms with van der Waals surface area (Å²) in [4.78, 5) is 27.3. The van der Waals surface area contributed by atoms with Crippen molar-refractivity contribution in [1.29, 1.82) is 0 Å². The van der Waals surface area contributed by atoms with Crippen LogP contribution in [0.15, 0.2) is 54.9 Å². The molecule has 0 unspecified atom stereocenters. The second-order valence-corrected chi connectivity index (χ2v) is 4.35. The van der Waals surface area contributed by atoms with Crippen LogP contribution >= 0.6 is 0 Å². The van der Waals surface area contributed by atoms with Crippen LogP contribution in [0.5, 0.6) is 0 Å². The number of pyridine rings is 1. The molecule has 0 aliphatic heterocycles. The van der Waals surface area contributed by atoms with Gasteiger partial charge in [-0.15, -0.1) is 0 Å². The first-order valence-corrected chi connectivity index (χ1v) is 6.21. The third-order valence-corrected chi connectivity index (χ3v) is 2.87. The fourth-order valence-corrected chi connectivity index (χ4v) is 1.82. The van der Waals surface area contributed by atoms with Crippen LogP contribution in [0.1, 0.15) is 15.9 Å². The summed E-state index contributed by atoms with van der Waals surface area (Å²) in [6, 6.07) is 11.8. The smallest absolute Gasteiger partial charge is 0.252 e. The Morgan fingerprint density at radius 2 is 1.75 bits per heavy atom. The van der Waals surface area contributed by atoms with Crippen molar-refractivity contribution in [2.75, 3.05) is 0 Å². The number of amides is 2. The fraction of sp³-hybridized carbons (Fsp3) is 0.133. The largest absolute Gasteiger partial charge is 0.368 e. The molecule has 5 heteroatoms. The second kappa shape index (κ2) is 6.47. The standard InChI is InChI=1S/C15H15N3O2/c16-14(19)13(10-11-4-2-1-3-5-11)18-15(20)12-6-8-17-9-7-12/h1-9,13H,10H2,(H2,16,19)(H,18,20)/t13-/m0/s1. The summed E-state index contributed by atoms with van der Waals surface area (Å²) in [5.74, 6) is -0.900. The maximum atomic E-state index is 12.0. The van der Waals surface area contributed by atoms with E-state index in [9.17, 15) is 9.59 Å². The molecule has 0 spiro atoms. The normalized spacial score (nSPS) is 11.6. The molecule has 1 aromatic heterocycles. The Balaban J connectivity index is 2.07. The SMILES string of the molecule is NC(=O)[C@H](Cc1ccccc1)NC(=O)c1ccncc1. The summed E-state index contributed by atoms with van der Waals surface area (Å²) in [6.45, 7) is 0.